The second-order valence-electron chi connectivity index (χ2n) is 4.47. The number of benzene rings is 1. The number of thioether (sulfide) groups is 1. The Balaban J connectivity index is 2.26. The Morgan fingerprint density at radius 1 is 1.44 bits per heavy atom. The molecule has 18 heavy (non-hydrogen) atoms. The standard InChI is InChI=1S/C13H18N2O2S/c1-18-9-5-7-15(8-6-9)12-10(13(16)17)3-2-4-11(12)14/h2-4,9H,5-8,14H2,1H3,(H,16,17). The number of hydrogen-bond acceptors (Lipinski definition) is 4. The zero-order chi connectivity index (χ0) is 13.1. The zero-order valence-electron chi connectivity index (χ0n) is 10.4. The van der Waals surface area contributed by atoms with Crippen molar-refractivity contribution in [1.82, 2.24) is 0 Å². The van der Waals surface area contributed by atoms with Gasteiger partial charge in [-0.05, 0) is 31.2 Å². The summed E-state index contributed by atoms with van der Waals surface area (Å²) in [6.07, 6.45) is 4.28. The number of para-hydroxylation sites is 1. The minimum atomic E-state index is -0.913. The van der Waals surface area contributed by atoms with Crippen molar-refractivity contribution in [2.45, 2.75) is 18.1 Å². The minimum Gasteiger partial charge on any atom is -0.478 e. The van der Waals surface area contributed by atoms with Gasteiger partial charge in [-0.15, -0.1) is 0 Å². The van der Waals surface area contributed by atoms with E-state index in [0.717, 1.165) is 25.9 Å². The molecule has 1 aromatic rings. The summed E-state index contributed by atoms with van der Waals surface area (Å²) in [6.45, 7) is 1.75. The number of carboxylic acids is 1. The molecule has 1 saturated heterocycles. The largest absolute Gasteiger partial charge is 0.478 e. The lowest BCUT2D eigenvalue weighted by Gasteiger charge is -2.34. The number of nitrogens with zero attached hydrogens (tertiary/aromatic N) is 1. The second kappa shape index (κ2) is 5.52. The van der Waals surface area contributed by atoms with Gasteiger partial charge >= 0.3 is 5.97 Å². The molecule has 0 bridgehead atoms. The fraction of sp³-hybridized carbons (Fsp3) is 0.462. The summed E-state index contributed by atoms with van der Waals surface area (Å²) >= 11 is 1.88. The van der Waals surface area contributed by atoms with Crippen molar-refractivity contribution in [3.05, 3.63) is 23.8 Å². The molecule has 4 nitrogen and oxygen atoms in total. The molecule has 0 aliphatic carbocycles. The van der Waals surface area contributed by atoms with Gasteiger partial charge in [0.05, 0.1) is 16.9 Å². The average Bonchev–Trinajstić information content (AvgIpc) is 2.38. The minimum absolute atomic E-state index is 0.303. The molecule has 1 heterocycles. The van der Waals surface area contributed by atoms with Crippen LogP contribution in [0, 0.1) is 0 Å². The van der Waals surface area contributed by atoms with Crippen molar-refractivity contribution in [2.75, 3.05) is 30.0 Å². The van der Waals surface area contributed by atoms with E-state index in [1.54, 1.807) is 18.2 Å². The molecule has 0 saturated carbocycles. The first kappa shape index (κ1) is 13.1. The second-order valence-corrected chi connectivity index (χ2v) is 5.61. The van der Waals surface area contributed by atoms with Gasteiger partial charge in [0, 0.05) is 18.3 Å². The summed E-state index contributed by atoms with van der Waals surface area (Å²) in [4.78, 5) is 13.4. The van der Waals surface area contributed by atoms with Gasteiger partial charge in [0.2, 0.25) is 0 Å². The first-order chi connectivity index (χ1) is 8.63. The number of nitrogen functional groups attached to an aromatic ring is 1. The van der Waals surface area contributed by atoms with E-state index in [9.17, 15) is 9.90 Å². The van der Waals surface area contributed by atoms with E-state index in [-0.39, 0.29) is 0 Å². The van der Waals surface area contributed by atoms with Gasteiger partial charge in [0.1, 0.15) is 0 Å². The van der Waals surface area contributed by atoms with Crippen LogP contribution >= 0.6 is 11.8 Å². The summed E-state index contributed by atoms with van der Waals surface area (Å²) in [5.74, 6) is -0.913. The van der Waals surface area contributed by atoms with Crippen LogP contribution in [0.25, 0.3) is 0 Å². The number of piperidine rings is 1. The highest BCUT2D eigenvalue weighted by molar-refractivity contribution is 7.99. The molecule has 1 fully saturated rings. The topological polar surface area (TPSA) is 66.6 Å². The first-order valence-corrected chi connectivity index (χ1v) is 7.31. The van der Waals surface area contributed by atoms with Crippen LogP contribution in [0.5, 0.6) is 0 Å². The summed E-state index contributed by atoms with van der Waals surface area (Å²) in [5.41, 5.74) is 7.49. The van der Waals surface area contributed by atoms with E-state index in [0.29, 0.717) is 22.2 Å². The van der Waals surface area contributed by atoms with Crippen molar-refractivity contribution < 1.29 is 9.90 Å². The third-order valence-electron chi connectivity index (χ3n) is 3.39. The Bertz CT molecular complexity index is 443. The Kier molecular flexibility index (Phi) is 4.01. The molecule has 0 aromatic heterocycles. The lowest BCUT2D eigenvalue weighted by atomic mass is 10.1. The predicted molar refractivity (Wildman–Crippen MR) is 76.6 cm³/mol. The third kappa shape index (κ3) is 2.56. The molecule has 1 aliphatic rings. The summed E-state index contributed by atoms with van der Waals surface area (Å²) in [5, 5.41) is 9.91. The van der Waals surface area contributed by atoms with E-state index < -0.39 is 5.97 Å². The van der Waals surface area contributed by atoms with Crippen molar-refractivity contribution in [3.63, 3.8) is 0 Å². The van der Waals surface area contributed by atoms with Crippen LogP contribution in [0.1, 0.15) is 23.2 Å². The van der Waals surface area contributed by atoms with E-state index in [4.69, 9.17) is 5.73 Å². The number of anilines is 2. The van der Waals surface area contributed by atoms with E-state index in [1.165, 1.54) is 0 Å². The normalized spacial score (nSPS) is 16.8. The number of aromatic carboxylic acids is 1. The molecule has 2 rings (SSSR count). The van der Waals surface area contributed by atoms with Gasteiger partial charge < -0.3 is 15.7 Å². The van der Waals surface area contributed by atoms with Gasteiger partial charge in [-0.25, -0.2) is 4.79 Å². The van der Waals surface area contributed by atoms with Crippen molar-refractivity contribution in [2.24, 2.45) is 0 Å². The van der Waals surface area contributed by atoms with Gasteiger partial charge in [-0.2, -0.15) is 11.8 Å². The lowest BCUT2D eigenvalue weighted by Crippen LogP contribution is -2.36. The zero-order valence-corrected chi connectivity index (χ0v) is 11.2. The molecule has 98 valence electrons. The maximum absolute atomic E-state index is 11.3. The summed E-state index contributed by atoms with van der Waals surface area (Å²) in [6, 6.07) is 5.08. The number of carboxylic acid groups (broad SMARTS) is 1. The van der Waals surface area contributed by atoms with Crippen molar-refractivity contribution in [1.29, 1.82) is 0 Å². The van der Waals surface area contributed by atoms with Gasteiger partial charge in [0.15, 0.2) is 0 Å². The van der Waals surface area contributed by atoms with Crippen LogP contribution in [0.3, 0.4) is 0 Å². The molecule has 0 spiro atoms. The van der Waals surface area contributed by atoms with Crippen LogP contribution in [-0.2, 0) is 0 Å². The van der Waals surface area contributed by atoms with E-state index >= 15 is 0 Å². The van der Waals surface area contributed by atoms with E-state index in [1.807, 2.05) is 11.8 Å². The Labute approximate surface area is 111 Å². The van der Waals surface area contributed by atoms with Crippen LogP contribution in [0.15, 0.2) is 18.2 Å². The number of carbonyl (C=O) groups is 1. The maximum atomic E-state index is 11.3. The van der Waals surface area contributed by atoms with Crippen LogP contribution in [-0.4, -0.2) is 35.7 Å². The fourth-order valence-electron chi connectivity index (χ4n) is 2.40. The molecule has 5 heteroatoms. The molecule has 0 atom stereocenters. The lowest BCUT2D eigenvalue weighted by molar-refractivity contribution is 0.0697. The van der Waals surface area contributed by atoms with Gasteiger partial charge in [-0.3, -0.25) is 0 Å². The summed E-state index contributed by atoms with van der Waals surface area (Å²) < 4.78 is 0. The predicted octanol–water partition coefficient (Wildman–Crippen LogP) is 2.30. The monoisotopic (exact) mass is 266 g/mol. The molecule has 0 unspecified atom stereocenters. The van der Waals surface area contributed by atoms with Crippen molar-refractivity contribution >= 4 is 29.1 Å². The van der Waals surface area contributed by atoms with Crippen LogP contribution in [0.4, 0.5) is 11.4 Å². The molecule has 1 aliphatic heterocycles. The highest BCUT2D eigenvalue weighted by Gasteiger charge is 2.23. The molecular weight excluding hydrogens is 248 g/mol. The van der Waals surface area contributed by atoms with Crippen LogP contribution in [0.2, 0.25) is 0 Å². The molecule has 3 N–H and O–H groups in total. The van der Waals surface area contributed by atoms with Gasteiger partial charge in [-0.1, -0.05) is 6.07 Å². The fourth-order valence-corrected chi connectivity index (χ4v) is 3.08. The average molecular weight is 266 g/mol. The Hall–Kier alpha value is -1.36. The maximum Gasteiger partial charge on any atom is 0.337 e. The highest BCUT2D eigenvalue weighted by atomic mass is 32.2. The number of rotatable bonds is 3. The number of nitrogens with two attached hydrogens (primary N) is 1. The van der Waals surface area contributed by atoms with Crippen LogP contribution < -0.4 is 10.6 Å². The Morgan fingerprint density at radius 2 is 2.11 bits per heavy atom. The van der Waals surface area contributed by atoms with Crippen molar-refractivity contribution in [3.8, 4) is 0 Å². The molecule has 0 radical (unpaired) electrons. The molecule has 0 amide bonds. The Morgan fingerprint density at radius 3 is 2.67 bits per heavy atom. The molecule has 1 aromatic carbocycles. The van der Waals surface area contributed by atoms with E-state index in [2.05, 4.69) is 11.2 Å². The smallest absolute Gasteiger partial charge is 0.337 e. The third-order valence-corrected chi connectivity index (χ3v) is 4.53. The van der Waals surface area contributed by atoms with Gasteiger partial charge in [0.25, 0.3) is 0 Å². The summed E-state index contributed by atoms with van der Waals surface area (Å²) in [7, 11) is 0. The number of hydrogen-bond donors (Lipinski definition) is 2. The SMILES string of the molecule is CSC1CCN(c2c(N)cccc2C(=O)O)CC1. The molecular formula is C13H18N2O2S. The quantitative estimate of drug-likeness (QED) is 0.822. The first-order valence-electron chi connectivity index (χ1n) is 6.03. The highest BCUT2D eigenvalue weighted by Crippen LogP contribution is 2.32.